The third-order valence-electron chi connectivity index (χ3n) is 3.51. The first-order valence-corrected chi connectivity index (χ1v) is 7.88. The van der Waals surface area contributed by atoms with Gasteiger partial charge in [-0.3, -0.25) is 4.79 Å². The Morgan fingerprint density at radius 3 is 2.83 bits per heavy atom. The molecular weight excluding hydrogens is 318 g/mol. The second kappa shape index (κ2) is 6.37. The highest BCUT2D eigenvalue weighted by molar-refractivity contribution is 7.11. The molecule has 2 N–H and O–H groups in total. The first-order valence-electron chi connectivity index (χ1n) is 7.06. The van der Waals surface area contributed by atoms with Crippen LogP contribution in [0.3, 0.4) is 0 Å². The van der Waals surface area contributed by atoms with Gasteiger partial charge >= 0.3 is 0 Å². The Morgan fingerprint density at radius 2 is 2.13 bits per heavy atom. The summed E-state index contributed by atoms with van der Waals surface area (Å²) in [6.07, 6.45) is 2.64. The minimum absolute atomic E-state index is 0.188. The number of methoxy groups -OCH3 is 2. The van der Waals surface area contributed by atoms with Crippen molar-refractivity contribution in [3.8, 4) is 11.8 Å². The van der Waals surface area contributed by atoms with Crippen LogP contribution in [-0.2, 0) is 24.2 Å². The van der Waals surface area contributed by atoms with Crippen molar-refractivity contribution in [3.05, 3.63) is 21.8 Å². The molecule has 8 nitrogen and oxygen atoms in total. The maximum absolute atomic E-state index is 11.0. The van der Waals surface area contributed by atoms with Gasteiger partial charge in [0, 0.05) is 17.8 Å². The fourth-order valence-corrected chi connectivity index (χ4v) is 3.59. The van der Waals surface area contributed by atoms with Gasteiger partial charge in [-0.15, -0.1) is 11.3 Å². The number of thiazole rings is 1. The molecule has 0 bridgehead atoms. The van der Waals surface area contributed by atoms with Crippen LogP contribution in [0.15, 0.2) is 6.20 Å². The van der Waals surface area contributed by atoms with Crippen molar-refractivity contribution in [1.82, 2.24) is 15.0 Å². The molecule has 0 aromatic carbocycles. The van der Waals surface area contributed by atoms with Gasteiger partial charge in [-0.25, -0.2) is 9.97 Å². The lowest BCUT2D eigenvalue weighted by Crippen LogP contribution is -2.30. The molecule has 122 valence electrons. The van der Waals surface area contributed by atoms with Gasteiger partial charge in [0.25, 0.3) is 11.8 Å². The molecule has 2 aromatic rings. The number of primary amides is 1. The maximum atomic E-state index is 11.0. The average Bonchev–Trinajstić information content (AvgIpc) is 2.94. The van der Waals surface area contributed by atoms with Gasteiger partial charge in [-0.2, -0.15) is 4.98 Å². The number of carbonyl (C=O) groups is 1. The van der Waals surface area contributed by atoms with E-state index >= 15 is 0 Å². The summed E-state index contributed by atoms with van der Waals surface area (Å²) < 4.78 is 10.3. The molecule has 0 saturated heterocycles. The summed E-state index contributed by atoms with van der Waals surface area (Å²) in [7, 11) is 3.06. The van der Waals surface area contributed by atoms with Crippen LogP contribution in [0.5, 0.6) is 11.8 Å². The Bertz CT molecular complexity index is 733. The van der Waals surface area contributed by atoms with Crippen molar-refractivity contribution in [2.45, 2.75) is 19.4 Å². The molecule has 0 fully saturated rings. The van der Waals surface area contributed by atoms with Gasteiger partial charge in [-0.05, 0) is 0 Å². The summed E-state index contributed by atoms with van der Waals surface area (Å²) in [6.45, 7) is 1.45. The quantitative estimate of drug-likeness (QED) is 0.850. The van der Waals surface area contributed by atoms with Gasteiger partial charge in [0.1, 0.15) is 5.01 Å². The van der Waals surface area contributed by atoms with E-state index in [2.05, 4.69) is 19.9 Å². The number of rotatable bonds is 5. The number of aromatic nitrogens is 3. The van der Waals surface area contributed by atoms with Crippen LogP contribution in [0.1, 0.15) is 15.6 Å². The largest absolute Gasteiger partial charge is 0.477 e. The molecule has 0 saturated carbocycles. The van der Waals surface area contributed by atoms with Crippen molar-refractivity contribution in [2.75, 3.05) is 25.7 Å². The first kappa shape index (κ1) is 15.5. The molecule has 2 aromatic heterocycles. The minimum Gasteiger partial charge on any atom is -0.477 e. The van der Waals surface area contributed by atoms with E-state index in [0.717, 1.165) is 34.4 Å². The number of anilines is 1. The Morgan fingerprint density at radius 1 is 1.35 bits per heavy atom. The number of nitrogens with zero attached hydrogens (tertiary/aromatic N) is 4. The monoisotopic (exact) mass is 335 g/mol. The SMILES string of the molecule is COc1ncc(N2CCc3nc(CC(N)=O)sc3C2)nc1OC. The Balaban J connectivity index is 1.81. The minimum atomic E-state index is -0.362. The van der Waals surface area contributed by atoms with Crippen LogP contribution in [0.4, 0.5) is 5.82 Å². The molecular formula is C14H17N5O3S. The van der Waals surface area contributed by atoms with Crippen molar-refractivity contribution in [2.24, 2.45) is 5.73 Å². The zero-order chi connectivity index (χ0) is 16.4. The van der Waals surface area contributed by atoms with E-state index in [4.69, 9.17) is 15.2 Å². The third kappa shape index (κ3) is 3.19. The summed E-state index contributed by atoms with van der Waals surface area (Å²) in [5.41, 5.74) is 6.27. The topological polar surface area (TPSA) is 103 Å². The lowest BCUT2D eigenvalue weighted by atomic mass is 10.2. The summed E-state index contributed by atoms with van der Waals surface area (Å²) in [5, 5.41) is 0.766. The molecule has 23 heavy (non-hydrogen) atoms. The third-order valence-corrected chi connectivity index (χ3v) is 4.59. The van der Waals surface area contributed by atoms with Crippen LogP contribution >= 0.6 is 11.3 Å². The first-order chi connectivity index (χ1) is 11.1. The molecule has 1 aliphatic heterocycles. The van der Waals surface area contributed by atoms with Gasteiger partial charge in [0.15, 0.2) is 5.82 Å². The summed E-state index contributed by atoms with van der Waals surface area (Å²) in [6, 6.07) is 0. The van der Waals surface area contributed by atoms with E-state index in [1.165, 1.54) is 25.6 Å². The molecule has 9 heteroatoms. The van der Waals surface area contributed by atoms with Crippen LogP contribution < -0.4 is 20.1 Å². The molecule has 1 amide bonds. The molecule has 0 aliphatic carbocycles. The number of nitrogens with two attached hydrogens (primary N) is 1. The highest BCUT2D eigenvalue weighted by Gasteiger charge is 2.23. The number of hydrogen-bond donors (Lipinski definition) is 1. The smallest absolute Gasteiger partial charge is 0.279 e. The molecule has 0 unspecified atom stereocenters. The van der Waals surface area contributed by atoms with Crippen LogP contribution in [0, 0.1) is 0 Å². The number of hydrogen-bond acceptors (Lipinski definition) is 8. The standard InChI is InChI=1S/C14H17N5O3S/c1-21-13-14(22-2)18-11(6-16-13)19-4-3-8-9(7-19)23-12(17-8)5-10(15)20/h6H,3-5,7H2,1-2H3,(H2,15,20). The number of fused-ring (bicyclic) bond motifs is 1. The Labute approximate surface area is 137 Å². The predicted octanol–water partition coefficient (Wildman–Crippen LogP) is 0.541. The highest BCUT2D eigenvalue weighted by atomic mass is 32.1. The summed E-state index contributed by atoms with van der Waals surface area (Å²) >= 11 is 1.52. The normalized spacial score (nSPS) is 13.6. The molecule has 3 heterocycles. The molecule has 0 spiro atoms. The molecule has 1 aliphatic rings. The van der Waals surface area contributed by atoms with E-state index < -0.39 is 0 Å². The Hall–Kier alpha value is -2.42. The second-order valence-corrected chi connectivity index (χ2v) is 6.21. The highest BCUT2D eigenvalue weighted by Crippen LogP contribution is 2.30. The van der Waals surface area contributed by atoms with E-state index in [1.807, 2.05) is 0 Å². The van der Waals surface area contributed by atoms with Crippen molar-refractivity contribution >= 4 is 23.1 Å². The molecule has 3 rings (SSSR count). The van der Waals surface area contributed by atoms with Gasteiger partial charge < -0.3 is 20.1 Å². The molecule has 0 atom stereocenters. The fourth-order valence-electron chi connectivity index (χ4n) is 2.45. The van der Waals surface area contributed by atoms with Gasteiger partial charge in [0.05, 0.1) is 39.1 Å². The van der Waals surface area contributed by atoms with Crippen LogP contribution in [0.25, 0.3) is 0 Å². The van der Waals surface area contributed by atoms with Crippen LogP contribution in [-0.4, -0.2) is 41.6 Å². The second-order valence-electron chi connectivity index (χ2n) is 5.04. The number of ether oxygens (including phenoxy) is 2. The summed E-state index contributed by atoms with van der Waals surface area (Å²) in [4.78, 5) is 27.4. The number of amides is 1. The molecule has 0 radical (unpaired) electrons. The lowest BCUT2D eigenvalue weighted by molar-refractivity contribution is -0.117. The van der Waals surface area contributed by atoms with Crippen molar-refractivity contribution in [3.63, 3.8) is 0 Å². The maximum Gasteiger partial charge on any atom is 0.279 e. The Kier molecular flexibility index (Phi) is 4.28. The van der Waals surface area contributed by atoms with E-state index in [0.29, 0.717) is 18.3 Å². The lowest BCUT2D eigenvalue weighted by Gasteiger charge is -2.27. The van der Waals surface area contributed by atoms with E-state index in [9.17, 15) is 4.79 Å². The van der Waals surface area contributed by atoms with Crippen molar-refractivity contribution < 1.29 is 14.3 Å². The summed E-state index contributed by atoms with van der Waals surface area (Å²) in [5.74, 6) is 1.07. The van der Waals surface area contributed by atoms with Crippen molar-refractivity contribution in [1.29, 1.82) is 0 Å². The average molecular weight is 335 g/mol. The fraction of sp³-hybridized carbons (Fsp3) is 0.429. The zero-order valence-corrected chi connectivity index (χ0v) is 13.7. The van der Waals surface area contributed by atoms with E-state index in [1.54, 1.807) is 6.20 Å². The van der Waals surface area contributed by atoms with Crippen LogP contribution in [0.2, 0.25) is 0 Å². The van der Waals surface area contributed by atoms with Gasteiger partial charge in [0.2, 0.25) is 5.91 Å². The van der Waals surface area contributed by atoms with E-state index in [-0.39, 0.29) is 12.3 Å². The zero-order valence-electron chi connectivity index (χ0n) is 12.9. The predicted molar refractivity (Wildman–Crippen MR) is 84.9 cm³/mol. The number of carbonyl (C=O) groups excluding carboxylic acids is 1. The van der Waals surface area contributed by atoms with Gasteiger partial charge in [-0.1, -0.05) is 0 Å².